The van der Waals surface area contributed by atoms with Gasteiger partial charge in [0, 0.05) is 4.88 Å². The smallest absolute Gasteiger partial charge is 0.345 e. The van der Waals surface area contributed by atoms with Crippen LogP contribution >= 0.6 is 11.3 Å². The molecule has 1 saturated carbocycles. The fourth-order valence-electron chi connectivity index (χ4n) is 4.31. The van der Waals surface area contributed by atoms with E-state index in [1.807, 2.05) is 19.1 Å². The van der Waals surface area contributed by atoms with Crippen LogP contribution in [-0.4, -0.2) is 16.2 Å². The molecule has 144 valence electrons. The lowest BCUT2D eigenvalue weighted by Gasteiger charge is -2.20. The number of aromatic carboxylic acids is 1. The second-order valence-electron chi connectivity index (χ2n) is 7.81. The predicted octanol–water partition coefficient (Wildman–Crippen LogP) is 6.16. The van der Waals surface area contributed by atoms with E-state index in [0.717, 1.165) is 29.9 Å². The third kappa shape index (κ3) is 5.23. The van der Waals surface area contributed by atoms with Crippen molar-refractivity contribution in [3.8, 4) is 5.75 Å². The van der Waals surface area contributed by atoms with Gasteiger partial charge in [-0.3, -0.25) is 0 Å². The van der Waals surface area contributed by atoms with Crippen LogP contribution < -0.4 is 0 Å². The van der Waals surface area contributed by atoms with E-state index in [9.17, 15) is 9.90 Å². The summed E-state index contributed by atoms with van der Waals surface area (Å²) >= 11 is 1.40. The second-order valence-corrected chi connectivity index (χ2v) is 8.98. The number of aryl methyl sites for hydroxylation is 2. The fourth-order valence-corrected chi connectivity index (χ4v) is 5.19. The quantitative estimate of drug-likeness (QED) is 0.601. The van der Waals surface area contributed by atoms with Crippen molar-refractivity contribution in [3.05, 3.63) is 57.3 Å². The number of hydrogen-bond acceptors (Lipinski definition) is 3. The zero-order valence-electron chi connectivity index (χ0n) is 16.0. The van der Waals surface area contributed by atoms with Gasteiger partial charge in [0.2, 0.25) is 0 Å². The fraction of sp³-hybridized carbons (Fsp3) is 0.435. The lowest BCUT2D eigenvalue weighted by Crippen LogP contribution is -2.11. The zero-order valence-corrected chi connectivity index (χ0v) is 16.8. The van der Waals surface area contributed by atoms with E-state index in [1.54, 1.807) is 12.1 Å². The molecule has 1 aromatic heterocycles. The summed E-state index contributed by atoms with van der Waals surface area (Å²) in [5.74, 6) is 1.48. The van der Waals surface area contributed by atoms with Crippen LogP contribution in [0.1, 0.15) is 58.3 Å². The number of phenolic OH excluding ortho intramolecular Hbond substituents is 1. The SMILES string of the molecule is Cc1cc(O)cc(/C=C/[C@H]2CCC(C)[C@@H]2CCCc2ccc(C(=O)O)s2)c1. The second kappa shape index (κ2) is 8.75. The van der Waals surface area contributed by atoms with E-state index < -0.39 is 5.97 Å². The molecular weight excluding hydrogens is 356 g/mol. The molecule has 0 radical (unpaired) electrons. The van der Waals surface area contributed by atoms with Crippen molar-refractivity contribution < 1.29 is 15.0 Å². The highest BCUT2D eigenvalue weighted by Gasteiger charge is 2.31. The summed E-state index contributed by atoms with van der Waals surface area (Å²) < 4.78 is 0. The van der Waals surface area contributed by atoms with Crippen LogP contribution in [0.2, 0.25) is 0 Å². The number of carboxylic acids is 1. The maximum Gasteiger partial charge on any atom is 0.345 e. The highest BCUT2D eigenvalue weighted by molar-refractivity contribution is 7.13. The monoisotopic (exact) mass is 384 g/mol. The Kier molecular flexibility index (Phi) is 6.38. The minimum Gasteiger partial charge on any atom is -0.508 e. The van der Waals surface area contributed by atoms with Gasteiger partial charge in [-0.2, -0.15) is 0 Å². The third-order valence-corrected chi connectivity index (χ3v) is 6.82. The molecule has 2 N–H and O–H groups in total. The lowest BCUT2D eigenvalue weighted by molar-refractivity contribution is 0.0702. The average Bonchev–Trinajstić information content (AvgIpc) is 3.20. The van der Waals surface area contributed by atoms with Crippen LogP contribution in [0.25, 0.3) is 6.08 Å². The van der Waals surface area contributed by atoms with Crippen LogP contribution in [0.3, 0.4) is 0 Å². The van der Waals surface area contributed by atoms with Crippen molar-refractivity contribution in [2.45, 2.75) is 46.0 Å². The van der Waals surface area contributed by atoms with Crippen molar-refractivity contribution in [1.82, 2.24) is 0 Å². The first-order valence-electron chi connectivity index (χ1n) is 9.73. The average molecular weight is 385 g/mol. The number of hydrogen-bond donors (Lipinski definition) is 2. The summed E-state index contributed by atoms with van der Waals surface area (Å²) in [6.45, 7) is 4.35. The number of aromatic hydroxyl groups is 1. The number of phenols is 1. The molecule has 1 aliphatic rings. The lowest BCUT2D eigenvalue weighted by atomic mass is 9.85. The predicted molar refractivity (Wildman–Crippen MR) is 111 cm³/mol. The summed E-state index contributed by atoms with van der Waals surface area (Å²) in [4.78, 5) is 12.6. The molecule has 1 aliphatic carbocycles. The van der Waals surface area contributed by atoms with Gasteiger partial charge in [0.05, 0.1) is 0 Å². The van der Waals surface area contributed by atoms with Crippen LogP contribution in [0.15, 0.2) is 36.4 Å². The van der Waals surface area contributed by atoms with Gasteiger partial charge in [-0.1, -0.05) is 25.1 Å². The molecule has 1 unspecified atom stereocenters. The number of benzene rings is 1. The Labute approximate surface area is 165 Å². The number of allylic oxidation sites excluding steroid dienone is 1. The molecule has 3 atom stereocenters. The Morgan fingerprint density at radius 3 is 2.78 bits per heavy atom. The van der Waals surface area contributed by atoms with Gasteiger partial charge in [0.25, 0.3) is 0 Å². The maximum atomic E-state index is 11.0. The Morgan fingerprint density at radius 2 is 2.07 bits per heavy atom. The summed E-state index contributed by atoms with van der Waals surface area (Å²) in [6.07, 6.45) is 10.2. The molecule has 0 amide bonds. The summed E-state index contributed by atoms with van der Waals surface area (Å²) in [5.41, 5.74) is 2.13. The minimum absolute atomic E-state index is 0.322. The minimum atomic E-state index is -0.831. The van der Waals surface area contributed by atoms with Crippen LogP contribution in [0.4, 0.5) is 0 Å². The van der Waals surface area contributed by atoms with Crippen LogP contribution in [-0.2, 0) is 6.42 Å². The summed E-state index contributed by atoms with van der Waals surface area (Å²) in [5, 5.41) is 18.8. The summed E-state index contributed by atoms with van der Waals surface area (Å²) in [7, 11) is 0. The molecule has 1 heterocycles. The van der Waals surface area contributed by atoms with Gasteiger partial charge in [0.1, 0.15) is 10.6 Å². The van der Waals surface area contributed by atoms with Gasteiger partial charge in [-0.05, 0) is 92.2 Å². The number of carboxylic acid groups (broad SMARTS) is 1. The Hall–Kier alpha value is -2.07. The van der Waals surface area contributed by atoms with E-state index in [1.165, 1.54) is 35.5 Å². The van der Waals surface area contributed by atoms with Crippen molar-refractivity contribution in [2.24, 2.45) is 17.8 Å². The van der Waals surface area contributed by atoms with Gasteiger partial charge >= 0.3 is 5.97 Å². The third-order valence-electron chi connectivity index (χ3n) is 5.69. The molecule has 4 heteroatoms. The number of rotatable bonds is 7. The van der Waals surface area contributed by atoms with Gasteiger partial charge in [0.15, 0.2) is 0 Å². The Bertz CT molecular complexity index is 801. The van der Waals surface area contributed by atoms with Crippen molar-refractivity contribution in [1.29, 1.82) is 0 Å². The first-order chi connectivity index (χ1) is 12.9. The van der Waals surface area contributed by atoms with E-state index >= 15 is 0 Å². The Balaban J connectivity index is 1.57. The molecule has 0 spiro atoms. The Morgan fingerprint density at radius 1 is 1.26 bits per heavy atom. The molecule has 0 aliphatic heterocycles. The summed E-state index contributed by atoms with van der Waals surface area (Å²) in [6, 6.07) is 9.35. The first kappa shape index (κ1) is 19.7. The van der Waals surface area contributed by atoms with Crippen molar-refractivity contribution in [2.75, 3.05) is 0 Å². The molecule has 2 aromatic rings. The largest absolute Gasteiger partial charge is 0.508 e. The molecule has 1 fully saturated rings. The molecule has 3 nitrogen and oxygen atoms in total. The van der Waals surface area contributed by atoms with E-state index in [0.29, 0.717) is 22.5 Å². The molecule has 3 rings (SSSR count). The molecule has 0 bridgehead atoms. The molecular formula is C23H28O3S. The van der Waals surface area contributed by atoms with Gasteiger partial charge in [-0.15, -0.1) is 11.3 Å². The zero-order chi connectivity index (χ0) is 19.4. The first-order valence-corrected chi connectivity index (χ1v) is 10.5. The van der Waals surface area contributed by atoms with Gasteiger partial charge in [-0.25, -0.2) is 4.79 Å². The maximum absolute atomic E-state index is 11.0. The number of thiophene rings is 1. The van der Waals surface area contributed by atoms with E-state index in [2.05, 4.69) is 25.1 Å². The molecule has 1 aromatic carbocycles. The van der Waals surface area contributed by atoms with Crippen molar-refractivity contribution in [3.63, 3.8) is 0 Å². The molecule has 0 saturated heterocycles. The topological polar surface area (TPSA) is 57.5 Å². The molecule has 27 heavy (non-hydrogen) atoms. The van der Waals surface area contributed by atoms with Crippen LogP contribution in [0.5, 0.6) is 5.75 Å². The highest BCUT2D eigenvalue weighted by Crippen LogP contribution is 2.41. The standard InChI is InChI=1S/C23H28O3S/c1-15-12-17(14-19(24)13-15)7-9-18-8-6-16(2)21(18)5-3-4-20-10-11-22(27-20)23(25)26/h7,9-14,16,18,21,24H,3-6,8H2,1-2H3,(H,25,26)/b9-7+/t16?,18-,21+/m1/s1. The van der Waals surface area contributed by atoms with Crippen molar-refractivity contribution >= 4 is 23.4 Å². The highest BCUT2D eigenvalue weighted by atomic mass is 32.1. The number of carbonyl (C=O) groups is 1. The normalized spacial score (nSPS) is 22.5. The van der Waals surface area contributed by atoms with E-state index in [4.69, 9.17) is 5.11 Å². The van der Waals surface area contributed by atoms with Gasteiger partial charge < -0.3 is 10.2 Å². The van der Waals surface area contributed by atoms with Crippen LogP contribution in [0, 0.1) is 24.7 Å². The van der Waals surface area contributed by atoms with E-state index in [-0.39, 0.29) is 0 Å².